The van der Waals surface area contributed by atoms with Crippen molar-refractivity contribution in [2.24, 2.45) is 23.7 Å². The maximum Gasteiger partial charge on any atom is 0.338 e. The van der Waals surface area contributed by atoms with Gasteiger partial charge in [0.15, 0.2) is 0 Å². The number of esters is 2. The van der Waals surface area contributed by atoms with Crippen LogP contribution < -0.4 is 0 Å². The van der Waals surface area contributed by atoms with E-state index in [0.29, 0.717) is 29.9 Å². The largest absolute Gasteiger partial charge is 0.462 e. The molecule has 0 fully saturated rings. The molecule has 0 spiro atoms. The second-order valence-corrected chi connectivity index (χ2v) is 10.7. The van der Waals surface area contributed by atoms with E-state index in [1.807, 2.05) is 76.2 Å². The molecule has 2 atom stereocenters. The van der Waals surface area contributed by atoms with Gasteiger partial charge in [-0.15, -0.1) is 0 Å². The molecule has 0 aliphatic heterocycles. The first-order valence-corrected chi connectivity index (χ1v) is 13.7. The highest BCUT2D eigenvalue weighted by Crippen LogP contribution is 2.26. The van der Waals surface area contributed by atoms with E-state index in [9.17, 15) is 20.1 Å². The molecule has 6 heteroatoms. The second kappa shape index (κ2) is 14.7. The molecule has 206 valence electrons. The van der Waals surface area contributed by atoms with Crippen molar-refractivity contribution in [2.75, 3.05) is 13.2 Å². The van der Waals surface area contributed by atoms with E-state index in [1.165, 1.54) is 0 Å². The molecule has 3 aromatic rings. The molecule has 0 aliphatic rings. The third kappa shape index (κ3) is 8.55. The number of benzene rings is 3. The molecule has 0 amide bonds. The Hall–Kier alpha value is -4.42. The fourth-order valence-corrected chi connectivity index (χ4v) is 4.35. The van der Waals surface area contributed by atoms with Gasteiger partial charge in [0.2, 0.25) is 0 Å². The topological polar surface area (TPSA) is 100 Å². The summed E-state index contributed by atoms with van der Waals surface area (Å²) in [6.45, 7) is 8.36. The Kier molecular flexibility index (Phi) is 11.0. The van der Waals surface area contributed by atoms with Crippen molar-refractivity contribution < 1.29 is 19.1 Å². The van der Waals surface area contributed by atoms with Gasteiger partial charge in [0, 0.05) is 0 Å². The van der Waals surface area contributed by atoms with Crippen LogP contribution in [0.1, 0.15) is 61.3 Å². The Labute approximate surface area is 237 Å². The molecular weight excluding hydrogens is 500 g/mol. The minimum absolute atomic E-state index is 0.0972. The average molecular weight is 537 g/mol. The molecule has 40 heavy (non-hydrogen) atoms. The normalized spacial score (nSPS) is 12.3. The van der Waals surface area contributed by atoms with Crippen LogP contribution in [0, 0.1) is 46.3 Å². The Morgan fingerprint density at radius 2 is 1.10 bits per heavy atom. The summed E-state index contributed by atoms with van der Waals surface area (Å²) < 4.78 is 10.7. The number of carbonyl (C=O) groups excluding carboxylic acids is 2. The molecule has 0 unspecified atom stereocenters. The van der Waals surface area contributed by atoms with Crippen molar-refractivity contribution in [1.82, 2.24) is 0 Å². The minimum atomic E-state index is -0.430. The predicted molar refractivity (Wildman–Crippen MR) is 155 cm³/mol. The van der Waals surface area contributed by atoms with Gasteiger partial charge < -0.3 is 9.47 Å². The summed E-state index contributed by atoms with van der Waals surface area (Å²) >= 11 is 0. The molecule has 0 N–H and O–H groups in total. The highest BCUT2D eigenvalue weighted by molar-refractivity contribution is 5.91. The van der Waals surface area contributed by atoms with Crippen molar-refractivity contribution in [3.63, 3.8) is 0 Å². The maximum atomic E-state index is 12.4. The summed E-state index contributed by atoms with van der Waals surface area (Å²) in [6, 6.07) is 27.0. The van der Waals surface area contributed by atoms with Crippen LogP contribution in [-0.4, -0.2) is 25.2 Å². The lowest BCUT2D eigenvalue weighted by atomic mass is 9.95. The van der Waals surface area contributed by atoms with Gasteiger partial charge in [-0.1, -0.05) is 76.2 Å². The third-order valence-corrected chi connectivity index (χ3v) is 6.78. The van der Waals surface area contributed by atoms with Crippen molar-refractivity contribution >= 4 is 11.9 Å². The van der Waals surface area contributed by atoms with E-state index in [2.05, 4.69) is 12.1 Å². The van der Waals surface area contributed by atoms with Crippen molar-refractivity contribution in [3.8, 4) is 34.4 Å². The lowest BCUT2D eigenvalue weighted by molar-refractivity contribution is 0.0455. The number of carbonyl (C=O) groups is 2. The van der Waals surface area contributed by atoms with Gasteiger partial charge >= 0.3 is 11.9 Å². The summed E-state index contributed by atoms with van der Waals surface area (Å²) in [6.07, 6.45) is 1.22. The highest BCUT2D eigenvalue weighted by Gasteiger charge is 2.16. The molecule has 0 aliphatic carbocycles. The summed E-state index contributed by atoms with van der Waals surface area (Å²) in [7, 11) is 0. The van der Waals surface area contributed by atoms with Gasteiger partial charge in [-0.25, -0.2) is 9.59 Å². The number of ether oxygens (including phenoxy) is 2. The molecule has 0 radical (unpaired) electrons. The molecule has 3 aromatic carbocycles. The first kappa shape index (κ1) is 30.1. The fourth-order valence-electron chi connectivity index (χ4n) is 4.35. The lowest BCUT2D eigenvalue weighted by Crippen LogP contribution is -2.14. The van der Waals surface area contributed by atoms with Crippen LogP contribution in [0.2, 0.25) is 0 Å². The SMILES string of the molecule is CC(C)C[C@H](C#N)COC(=O)c1ccc(-c2ccc(-c3ccc(C(=O)OCC[C@@H](C#N)C(C)C)cc3)cc2)cc1. The zero-order valence-corrected chi connectivity index (χ0v) is 23.6. The minimum Gasteiger partial charge on any atom is -0.462 e. The zero-order valence-electron chi connectivity index (χ0n) is 23.6. The number of hydrogen-bond acceptors (Lipinski definition) is 6. The van der Waals surface area contributed by atoms with Crippen LogP contribution in [0.15, 0.2) is 72.8 Å². The second-order valence-electron chi connectivity index (χ2n) is 10.7. The molecule has 0 saturated carbocycles. The quantitative estimate of drug-likeness (QED) is 0.220. The van der Waals surface area contributed by atoms with Crippen LogP contribution >= 0.6 is 0 Å². The van der Waals surface area contributed by atoms with E-state index in [1.54, 1.807) is 24.3 Å². The van der Waals surface area contributed by atoms with Crippen LogP contribution in [0.4, 0.5) is 0 Å². The summed E-state index contributed by atoms with van der Waals surface area (Å²) in [5.74, 6) is -0.669. The third-order valence-electron chi connectivity index (χ3n) is 6.78. The molecule has 0 aromatic heterocycles. The predicted octanol–water partition coefficient (Wildman–Crippen LogP) is 7.71. The highest BCUT2D eigenvalue weighted by atomic mass is 16.5. The lowest BCUT2D eigenvalue weighted by Gasteiger charge is -2.13. The van der Waals surface area contributed by atoms with Crippen molar-refractivity contribution in [3.05, 3.63) is 83.9 Å². The standard InChI is InChI=1S/C34H36N2O4/c1-23(2)19-25(20-35)22-40-34(38)31-15-11-29(12-16-31)27-7-5-26(6-8-27)28-9-13-30(14-10-28)33(37)39-18-17-32(21-36)24(3)4/h5-16,23-25,32H,17-19,22H2,1-4H3/t25-,32+/m1/s1. The van der Waals surface area contributed by atoms with E-state index >= 15 is 0 Å². The van der Waals surface area contributed by atoms with Crippen molar-refractivity contribution in [2.45, 2.75) is 40.5 Å². The number of nitrogens with zero attached hydrogens (tertiary/aromatic N) is 2. The molecule has 0 heterocycles. The van der Waals surface area contributed by atoms with Gasteiger partial charge in [0.25, 0.3) is 0 Å². The van der Waals surface area contributed by atoms with Crippen LogP contribution in [0.25, 0.3) is 22.3 Å². The number of rotatable bonds is 12. The fraction of sp³-hybridized carbons (Fsp3) is 0.353. The number of nitriles is 2. The Morgan fingerprint density at radius 3 is 1.48 bits per heavy atom. The Bertz CT molecular complexity index is 1350. The summed E-state index contributed by atoms with van der Waals surface area (Å²) in [4.78, 5) is 24.8. The average Bonchev–Trinajstić information content (AvgIpc) is 2.97. The maximum absolute atomic E-state index is 12.4. The van der Waals surface area contributed by atoms with E-state index < -0.39 is 11.9 Å². The molecular formula is C34H36N2O4. The van der Waals surface area contributed by atoms with Gasteiger partial charge in [-0.2, -0.15) is 10.5 Å². The number of hydrogen-bond donors (Lipinski definition) is 0. The van der Waals surface area contributed by atoms with Gasteiger partial charge in [-0.3, -0.25) is 0 Å². The van der Waals surface area contributed by atoms with E-state index in [0.717, 1.165) is 22.3 Å². The smallest absolute Gasteiger partial charge is 0.338 e. The molecule has 6 nitrogen and oxygen atoms in total. The van der Waals surface area contributed by atoms with Gasteiger partial charge in [-0.05, 0) is 71.2 Å². The van der Waals surface area contributed by atoms with Crippen molar-refractivity contribution in [1.29, 1.82) is 10.5 Å². The van der Waals surface area contributed by atoms with Crippen LogP contribution in [-0.2, 0) is 9.47 Å². The molecule has 0 bridgehead atoms. The zero-order chi connectivity index (χ0) is 29.1. The Morgan fingerprint density at radius 1 is 0.675 bits per heavy atom. The first-order chi connectivity index (χ1) is 19.2. The Balaban J connectivity index is 1.57. The molecule has 3 rings (SSSR count). The van der Waals surface area contributed by atoms with Gasteiger partial charge in [0.05, 0.1) is 41.7 Å². The summed E-state index contributed by atoms with van der Waals surface area (Å²) in [5, 5.41) is 18.4. The first-order valence-electron chi connectivity index (χ1n) is 13.7. The van der Waals surface area contributed by atoms with Crippen LogP contribution in [0.5, 0.6) is 0 Å². The summed E-state index contributed by atoms with van der Waals surface area (Å²) in [5.41, 5.74) is 4.87. The monoisotopic (exact) mass is 536 g/mol. The molecule has 0 saturated heterocycles. The van der Waals surface area contributed by atoms with E-state index in [-0.39, 0.29) is 31.0 Å². The van der Waals surface area contributed by atoms with Gasteiger partial charge in [0.1, 0.15) is 6.61 Å². The van der Waals surface area contributed by atoms with E-state index in [4.69, 9.17) is 9.47 Å². The van der Waals surface area contributed by atoms with Crippen LogP contribution in [0.3, 0.4) is 0 Å².